The van der Waals surface area contributed by atoms with Gasteiger partial charge in [0.15, 0.2) is 0 Å². The number of hydrogen-bond donors (Lipinski definition) is 1. The number of halogens is 4. The Balaban J connectivity index is 1.48. The summed E-state index contributed by atoms with van der Waals surface area (Å²) in [6, 6.07) is 19.2. The highest BCUT2D eigenvalue weighted by molar-refractivity contribution is 7.89. The molecule has 1 heterocycles. The Morgan fingerprint density at radius 3 is 2.42 bits per heavy atom. The molecule has 0 bridgehead atoms. The molecule has 1 unspecified atom stereocenters. The second-order valence-electron chi connectivity index (χ2n) is 8.25. The van der Waals surface area contributed by atoms with E-state index in [-0.39, 0.29) is 18.8 Å². The van der Waals surface area contributed by atoms with Crippen molar-refractivity contribution < 1.29 is 30.7 Å². The lowest BCUT2D eigenvalue weighted by Crippen LogP contribution is -2.42. The summed E-state index contributed by atoms with van der Waals surface area (Å²) in [5, 5.41) is 5.07. The smallest absolute Gasteiger partial charge is 0.390 e. The third kappa shape index (κ3) is 7.05. The first-order chi connectivity index (χ1) is 17.1. The average Bonchev–Trinajstić information content (AvgIpc) is 3.25. The van der Waals surface area contributed by atoms with Gasteiger partial charge in [-0.3, -0.25) is 0 Å². The van der Waals surface area contributed by atoms with Gasteiger partial charge in [0, 0.05) is 5.39 Å². The number of rotatable bonds is 10. The molecule has 0 radical (unpaired) electrons. The van der Waals surface area contributed by atoms with E-state index < -0.39 is 34.4 Å². The van der Waals surface area contributed by atoms with Crippen LogP contribution in [0.25, 0.3) is 16.6 Å². The van der Waals surface area contributed by atoms with Crippen molar-refractivity contribution in [1.82, 2.24) is 14.5 Å². The van der Waals surface area contributed by atoms with E-state index in [9.17, 15) is 26.0 Å². The number of alkyl halides is 3. The molecule has 0 amide bonds. The van der Waals surface area contributed by atoms with Gasteiger partial charge in [0.1, 0.15) is 18.2 Å². The Hall–Kier alpha value is -3.44. The fraction of sp³-hybridized carbons (Fsp3) is 0.240. The minimum Gasteiger partial charge on any atom is -0.492 e. The van der Waals surface area contributed by atoms with Gasteiger partial charge in [-0.2, -0.15) is 18.3 Å². The molecule has 1 aromatic heterocycles. The predicted molar refractivity (Wildman–Crippen MR) is 128 cm³/mol. The van der Waals surface area contributed by atoms with E-state index in [0.717, 1.165) is 16.5 Å². The number of ether oxygens (including phenoxy) is 1. The lowest BCUT2D eigenvalue weighted by atomic mass is 10.1. The van der Waals surface area contributed by atoms with Gasteiger partial charge in [-0.1, -0.05) is 30.3 Å². The van der Waals surface area contributed by atoms with E-state index in [2.05, 4.69) is 9.82 Å². The van der Waals surface area contributed by atoms with E-state index in [4.69, 9.17) is 4.74 Å². The molecular weight excluding hydrogens is 498 g/mol. The van der Waals surface area contributed by atoms with Gasteiger partial charge in [0.25, 0.3) is 0 Å². The Bertz CT molecular complexity index is 1410. The molecule has 1 atom stereocenters. The molecule has 0 aliphatic heterocycles. The molecule has 6 nitrogen and oxygen atoms in total. The number of benzene rings is 3. The van der Waals surface area contributed by atoms with Crippen molar-refractivity contribution in [2.24, 2.45) is 0 Å². The minimum absolute atomic E-state index is 0.0995. The fourth-order valence-corrected chi connectivity index (χ4v) is 4.96. The zero-order chi connectivity index (χ0) is 25.8. The van der Waals surface area contributed by atoms with Gasteiger partial charge in [-0.25, -0.2) is 22.2 Å². The number of hydrogen-bond acceptors (Lipinski definition) is 4. The lowest BCUT2D eigenvalue weighted by Gasteiger charge is -2.20. The molecule has 0 aliphatic carbocycles. The summed E-state index contributed by atoms with van der Waals surface area (Å²) in [5.41, 5.74) is 2.24. The van der Waals surface area contributed by atoms with Crippen LogP contribution in [0.4, 0.5) is 17.6 Å². The van der Waals surface area contributed by atoms with Gasteiger partial charge in [-0.15, -0.1) is 0 Å². The zero-order valence-electron chi connectivity index (χ0n) is 19.0. The van der Waals surface area contributed by atoms with Crippen LogP contribution in [0.15, 0.2) is 79.0 Å². The lowest BCUT2D eigenvalue weighted by molar-refractivity contribution is -0.130. The highest BCUT2D eigenvalue weighted by Gasteiger charge is 2.31. The summed E-state index contributed by atoms with van der Waals surface area (Å²) in [6.07, 6.45) is -4.16. The zero-order valence-corrected chi connectivity index (χ0v) is 19.8. The Morgan fingerprint density at radius 2 is 1.72 bits per heavy atom. The van der Waals surface area contributed by atoms with E-state index in [1.54, 1.807) is 65.5 Å². The van der Waals surface area contributed by atoms with Crippen LogP contribution in [0.5, 0.6) is 5.75 Å². The first-order valence-electron chi connectivity index (χ1n) is 11.1. The SMILES string of the molecule is O=S(=O)(CCC(F)(F)F)NC(COc1ccc2c(cnn2-c2ccc(F)cc2)c1)Cc1ccccc1. The Kier molecular flexibility index (Phi) is 7.60. The maximum atomic E-state index is 13.2. The van der Waals surface area contributed by atoms with E-state index in [0.29, 0.717) is 11.4 Å². The molecule has 3 aromatic carbocycles. The molecule has 0 saturated heterocycles. The second kappa shape index (κ2) is 10.7. The van der Waals surface area contributed by atoms with Crippen molar-refractivity contribution >= 4 is 20.9 Å². The van der Waals surface area contributed by atoms with Crippen LogP contribution in [0, 0.1) is 5.82 Å². The third-order valence-electron chi connectivity index (χ3n) is 5.39. The molecule has 0 aliphatic rings. The quantitative estimate of drug-likeness (QED) is 0.297. The molecule has 0 fully saturated rings. The largest absolute Gasteiger partial charge is 0.492 e. The number of fused-ring (bicyclic) bond motifs is 1. The first-order valence-corrected chi connectivity index (χ1v) is 12.7. The van der Waals surface area contributed by atoms with Crippen molar-refractivity contribution in [3.63, 3.8) is 0 Å². The molecule has 0 saturated carbocycles. The molecular formula is C25H23F4N3O3S. The predicted octanol–water partition coefficient (Wildman–Crippen LogP) is 5.03. The Labute approximate surface area is 205 Å². The average molecular weight is 522 g/mol. The van der Waals surface area contributed by atoms with Gasteiger partial charge in [-0.05, 0) is 54.4 Å². The van der Waals surface area contributed by atoms with E-state index in [1.807, 2.05) is 6.07 Å². The molecule has 11 heteroatoms. The van der Waals surface area contributed by atoms with Gasteiger partial charge < -0.3 is 4.74 Å². The van der Waals surface area contributed by atoms with Crippen LogP contribution >= 0.6 is 0 Å². The summed E-state index contributed by atoms with van der Waals surface area (Å²) < 4.78 is 85.4. The van der Waals surface area contributed by atoms with E-state index >= 15 is 0 Å². The minimum atomic E-state index is -4.58. The van der Waals surface area contributed by atoms with Crippen LogP contribution in [0.1, 0.15) is 12.0 Å². The van der Waals surface area contributed by atoms with Crippen molar-refractivity contribution in [2.75, 3.05) is 12.4 Å². The van der Waals surface area contributed by atoms with Crippen LogP contribution in [-0.4, -0.2) is 42.8 Å². The van der Waals surface area contributed by atoms with Gasteiger partial charge >= 0.3 is 6.18 Å². The Morgan fingerprint density at radius 1 is 1.00 bits per heavy atom. The van der Waals surface area contributed by atoms with Gasteiger partial charge in [0.2, 0.25) is 10.0 Å². The summed E-state index contributed by atoms with van der Waals surface area (Å²) in [7, 11) is -4.19. The summed E-state index contributed by atoms with van der Waals surface area (Å²) in [4.78, 5) is 0. The summed E-state index contributed by atoms with van der Waals surface area (Å²) in [6.45, 7) is -0.0995. The number of sulfonamides is 1. The third-order valence-corrected chi connectivity index (χ3v) is 6.82. The maximum Gasteiger partial charge on any atom is 0.390 e. The molecule has 190 valence electrons. The van der Waals surface area contributed by atoms with Crippen LogP contribution in [0.2, 0.25) is 0 Å². The molecule has 36 heavy (non-hydrogen) atoms. The van der Waals surface area contributed by atoms with Crippen molar-refractivity contribution in [1.29, 1.82) is 0 Å². The molecule has 1 N–H and O–H groups in total. The maximum absolute atomic E-state index is 13.2. The normalized spacial score (nSPS) is 13.1. The summed E-state index contributed by atoms with van der Waals surface area (Å²) >= 11 is 0. The second-order valence-corrected chi connectivity index (χ2v) is 10.1. The van der Waals surface area contributed by atoms with Crippen LogP contribution < -0.4 is 9.46 Å². The topological polar surface area (TPSA) is 73.2 Å². The fourth-order valence-electron chi connectivity index (χ4n) is 3.68. The van der Waals surface area contributed by atoms with Crippen LogP contribution in [0.3, 0.4) is 0 Å². The highest BCUT2D eigenvalue weighted by Crippen LogP contribution is 2.24. The molecule has 0 spiro atoms. The monoisotopic (exact) mass is 521 g/mol. The van der Waals surface area contributed by atoms with Crippen molar-refractivity contribution in [3.05, 3.63) is 90.4 Å². The van der Waals surface area contributed by atoms with Crippen molar-refractivity contribution in [3.8, 4) is 11.4 Å². The highest BCUT2D eigenvalue weighted by atomic mass is 32.2. The van der Waals surface area contributed by atoms with E-state index in [1.165, 1.54) is 12.1 Å². The van der Waals surface area contributed by atoms with Gasteiger partial charge in [0.05, 0.1) is 35.6 Å². The molecule has 4 aromatic rings. The van der Waals surface area contributed by atoms with Crippen molar-refractivity contribution in [2.45, 2.75) is 25.1 Å². The number of nitrogens with one attached hydrogen (secondary N) is 1. The number of nitrogens with zero attached hydrogens (tertiary/aromatic N) is 2. The summed E-state index contributed by atoms with van der Waals surface area (Å²) in [5.74, 6) is -0.977. The molecule has 4 rings (SSSR count). The number of aromatic nitrogens is 2. The standard InChI is InChI=1S/C25H23F4N3O3S/c26-20-6-8-22(9-7-20)32-24-11-10-23(15-19(24)16-30-32)35-17-21(14-18-4-2-1-3-5-18)31-36(33,34)13-12-25(27,28)29/h1-11,15-16,21,31H,12-14,17H2. The van der Waals surface area contributed by atoms with Crippen LogP contribution in [-0.2, 0) is 16.4 Å². The first kappa shape index (κ1) is 25.6.